The van der Waals surface area contributed by atoms with E-state index in [1.807, 2.05) is 18.2 Å². The monoisotopic (exact) mass is 373 g/mol. The van der Waals surface area contributed by atoms with Crippen molar-refractivity contribution in [3.63, 3.8) is 0 Å². The molecule has 1 aromatic heterocycles. The van der Waals surface area contributed by atoms with Crippen molar-refractivity contribution < 1.29 is 24.1 Å². The normalized spacial score (nSPS) is 19.2. The van der Waals surface area contributed by atoms with E-state index < -0.39 is 5.97 Å². The summed E-state index contributed by atoms with van der Waals surface area (Å²) in [4.78, 5) is 13.2. The van der Waals surface area contributed by atoms with Gasteiger partial charge in [-0.3, -0.25) is 14.4 Å². The molecule has 27 heavy (non-hydrogen) atoms. The summed E-state index contributed by atoms with van der Waals surface area (Å²) in [6.45, 7) is 2.82. The molecular formula is C19H23N3O5. The number of likely N-dealkylation sites (tertiary alicyclic amines) is 1. The number of carbonyl (C=O) groups is 1. The van der Waals surface area contributed by atoms with Gasteiger partial charge in [0.15, 0.2) is 11.5 Å². The summed E-state index contributed by atoms with van der Waals surface area (Å²) in [6.07, 6.45) is 3.88. The first-order valence-electron chi connectivity index (χ1n) is 9.06. The van der Waals surface area contributed by atoms with Gasteiger partial charge in [0.05, 0.1) is 12.8 Å². The third-order valence-electron chi connectivity index (χ3n) is 5.01. The SMILES string of the molecule is COc1cc(CN2CCCC(c3ccn(CC(=O)O)n3)C2)cc2c1OCO2. The van der Waals surface area contributed by atoms with Crippen LogP contribution < -0.4 is 14.2 Å². The Labute approximate surface area is 157 Å². The highest BCUT2D eigenvalue weighted by atomic mass is 16.7. The highest BCUT2D eigenvalue weighted by molar-refractivity contribution is 5.66. The first-order chi connectivity index (χ1) is 13.1. The first kappa shape index (κ1) is 17.7. The van der Waals surface area contributed by atoms with Crippen LogP contribution in [0, 0.1) is 0 Å². The number of hydrogen-bond donors (Lipinski definition) is 1. The molecule has 144 valence electrons. The van der Waals surface area contributed by atoms with Gasteiger partial charge in [-0.05, 0) is 43.1 Å². The Hall–Kier alpha value is -2.74. The lowest BCUT2D eigenvalue weighted by Gasteiger charge is -2.32. The minimum atomic E-state index is -0.883. The van der Waals surface area contributed by atoms with Crippen LogP contribution in [0.4, 0.5) is 0 Å². The number of aromatic nitrogens is 2. The van der Waals surface area contributed by atoms with Gasteiger partial charge in [-0.1, -0.05) is 0 Å². The minimum absolute atomic E-state index is 0.104. The van der Waals surface area contributed by atoms with E-state index in [1.54, 1.807) is 13.3 Å². The fourth-order valence-corrected chi connectivity index (χ4v) is 3.80. The number of rotatable bonds is 6. The number of methoxy groups -OCH3 is 1. The number of carboxylic acids is 1. The first-order valence-corrected chi connectivity index (χ1v) is 9.06. The molecule has 1 saturated heterocycles. The molecule has 0 bridgehead atoms. The fourth-order valence-electron chi connectivity index (χ4n) is 3.80. The Morgan fingerprint density at radius 2 is 2.30 bits per heavy atom. The van der Waals surface area contributed by atoms with E-state index in [2.05, 4.69) is 10.00 Å². The molecule has 3 heterocycles. The van der Waals surface area contributed by atoms with Gasteiger partial charge < -0.3 is 19.3 Å². The second-order valence-corrected chi connectivity index (χ2v) is 6.94. The summed E-state index contributed by atoms with van der Waals surface area (Å²) in [5.74, 6) is 1.52. The van der Waals surface area contributed by atoms with E-state index in [0.717, 1.165) is 49.5 Å². The van der Waals surface area contributed by atoms with Crippen LogP contribution in [0.3, 0.4) is 0 Å². The molecular weight excluding hydrogens is 350 g/mol. The van der Waals surface area contributed by atoms with Crippen LogP contribution in [0.15, 0.2) is 24.4 Å². The molecule has 4 rings (SSSR count). The van der Waals surface area contributed by atoms with Crippen LogP contribution in [0.25, 0.3) is 0 Å². The Morgan fingerprint density at radius 3 is 3.11 bits per heavy atom. The third kappa shape index (κ3) is 3.85. The van der Waals surface area contributed by atoms with E-state index in [4.69, 9.17) is 19.3 Å². The molecule has 0 saturated carbocycles. The van der Waals surface area contributed by atoms with Crippen molar-refractivity contribution in [2.75, 3.05) is 27.0 Å². The molecule has 2 aliphatic rings. The summed E-state index contributed by atoms with van der Waals surface area (Å²) in [7, 11) is 1.63. The van der Waals surface area contributed by atoms with Crippen LogP contribution >= 0.6 is 0 Å². The predicted octanol–water partition coefficient (Wildman–Crippen LogP) is 2.08. The minimum Gasteiger partial charge on any atom is -0.493 e. The quantitative estimate of drug-likeness (QED) is 0.830. The van der Waals surface area contributed by atoms with Crippen molar-refractivity contribution in [2.45, 2.75) is 31.8 Å². The molecule has 8 nitrogen and oxygen atoms in total. The van der Waals surface area contributed by atoms with E-state index in [1.165, 1.54) is 4.68 Å². The number of hydrogen-bond acceptors (Lipinski definition) is 6. The maximum absolute atomic E-state index is 10.8. The highest BCUT2D eigenvalue weighted by Gasteiger charge is 2.25. The second kappa shape index (κ2) is 7.48. The Kier molecular flexibility index (Phi) is 4.89. The highest BCUT2D eigenvalue weighted by Crippen LogP contribution is 2.42. The largest absolute Gasteiger partial charge is 0.493 e. The zero-order valence-electron chi connectivity index (χ0n) is 15.3. The summed E-state index contributed by atoms with van der Waals surface area (Å²) >= 11 is 0. The summed E-state index contributed by atoms with van der Waals surface area (Å²) in [5, 5.41) is 13.3. The molecule has 1 atom stereocenters. The van der Waals surface area contributed by atoms with Crippen LogP contribution in [-0.4, -0.2) is 52.7 Å². The zero-order valence-corrected chi connectivity index (χ0v) is 15.3. The molecule has 1 fully saturated rings. The number of piperidine rings is 1. The molecule has 8 heteroatoms. The third-order valence-corrected chi connectivity index (χ3v) is 5.01. The molecule has 0 amide bonds. The summed E-state index contributed by atoms with van der Waals surface area (Å²) < 4.78 is 17.9. The maximum Gasteiger partial charge on any atom is 0.325 e. The van der Waals surface area contributed by atoms with Gasteiger partial charge >= 0.3 is 5.97 Å². The van der Waals surface area contributed by atoms with Gasteiger partial charge in [-0.2, -0.15) is 5.10 Å². The number of ether oxygens (including phenoxy) is 3. The topological polar surface area (TPSA) is 86.1 Å². The van der Waals surface area contributed by atoms with Crippen molar-refractivity contribution in [3.05, 3.63) is 35.7 Å². The van der Waals surface area contributed by atoms with E-state index in [-0.39, 0.29) is 13.3 Å². The maximum atomic E-state index is 10.8. The van der Waals surface area contributed by atoms with Crippen LogP contribution in [0.2, 0.25) is 0 Å². The molecule has 2 aromatic rings. The number of fused-ring (bicyclic) bond motifs is 1. The average Bonchev–Trinajstić information content (AvgIpc) is 3.30. The Bertz CT molecular complexity index is 835. The molecule has 1 aromatic carbocycles. The summed E-state index contributed by atoms with van der Waals surface area (Å²) in [5.41, 5.74) is 2.08. The predicted molar refractivity (Wildman–Crippen MR) is 96.2 cm³/mol. The smallest absolute Gasteiger partial charge is 0.325 e. The van der Waals surface area contributed by atoms with Gasteiger partial charge in [-0.15, -0.1) is 0 Å². The number of nitrogens with zero attached hydrogens (tertiary/aromatic N) is 3. The standard InChI is InChI=1S/C19H23N3O5/c1-25-16-7-13(8-17-19(16)27-12-26-17)9-21-5-2-3-14(10-21)15-4-6-22(20-15)11-18(23)24/h4,6-8,14H,2-3,5,9-12H2,1H3,(H,23,24). The van der Waals surface area contributed by atoms with Crippen molar-refractivity contribution >= 4 is 5.97 Å². The van der Waals surface area contributed by atoms with Gasteiger partial charge in [0, 0.05) is 25.2 Å². The molecule has 0 radical (unpaired) electrons. The van der Waals surface area contributed by atoms with Crippen LogP contribution in [0.5, 0.6) is 17.2 Å². The van der Waals surface area contributed by atoms with Crippen molar-refractivity contribution in [2.24, 2.45) is 0 Å². The summed E-state index contributed by atoms with van der Waals surface area (Å²) in [6, 6.07) is 5.94. The number of carboxylic acid groups (broad SMARTS) is 1. The molecule has 1 N–H and O–H groups in total. The zero-order chi connectivity index (χ0) is 18.8. The lowest BCUT2D eigenvalue weighted by molar-refractivity contribution is -0.137. The molecule has 1 unspecified atom stereocenters. The van der Waals surface area contributed by atoms with Crippen LogP contribution in [0.1, 0.15) is 30.0 Å². The van der Waals surface area contributed by atoms with Crippen molar-refractivity contribution in [3.8, 4) is 17.2 Å². The number of aliphatic carboxylic acids is 1. The van der Waals surface area contributed by atoms with E-state index >= 15 is 0 Å². The lowest BCUT2D eigenvalue weighted by atomic mass is 9.94. The lowest BCUT2D eigenvalue weighted by Crippen LogP contribution is -2.34. The molecule has 2 aliphatic heterocycles. The Balaban J connectivity index is 1.44. The van der Waals surface area contributed by atoms with E-state index in [0.29, 0.717) is 17.4 Å². The van der Waals surface area contributed by atoms with E-state index in [9.17, 15) is 4.79 Å². The Morgan fingerprint density at radius 1 is 1.41 bits per heavy atom. The second-order valence-electron chi connectivity index (χ2n) is 6.94. The molecule has 0 spiro atoms. The van der Waals surface area contributed by atoms with Gasteiger partial charge in [-0.25, -0.2) is 0 Å². The average molecular weight is 373 g/mol. The fraction of sp³-hybridized carbons (Fsp3) is 0.474. The molecule has 0 aliphatic carbocycles. The van der Waals surface area contributed by atoms with Crippen LogP contribution in [-0.2, 0) is 17.9 Å². The van der Waals surface area contributed by atoms with Crippen molar-refractivity contribution in [1.82, 2.24) is 14.7 Å². The van der Waals surface area contributed by atoms with Gasteiger partial charge in [0.1, 0.15) is 6.54 Å². The van der Waals surface area contributed by atoms with Gasteiger partial charge in [0.2, 0.25) is 12.5 Å². The van der Waals surface area contributed by atoms with Crippen molar-refractivity contribution in [1.29, 1.82) is 0 Å². The van der Waals surface area contributed by atoms with Gasteiger partial charge in [0.25, 0.3) is 0 Å². The number of benzene rings is 1.